The molecule has 94 valence electrons. The van der Waals surface area contributed by atoms with Gasteiger partial charge in [0.1, 0.15) is 12.4 Å². The third-order valence-electron chi connectivity index (χ3n) is 2.15. The monoisotopic (exact) mass is 239 g/mol. The summed E-state index contributed by atoms with van der Waals surface area (Å²) in [5.74, 6) is 0.374. The highest BCUT2D eigenvalue weighted by Crippen LogP contribution is 1.94. The van der Waals surface area contributed by atoms with E-state index in [0.717, 1.165) is 0 Å². The summed E-state index contributed by atoms with van der Waals surface area (Å²) in [6.45, 7) is 6.40. The molecule has 0 aromatic carbocycles. The summed E-state index contributed by atoms with van der Waals surface area (Å²) in [4.78, 5) is 23.4. The van der Waals surface area contributed by atoms with Crippen molar-refractivity contribution in [3.8, 4) is 0 Å². The SMILES string of the molecule is CCNC(=O)Cn1c(C)nnc(NCC)c1=O. The van der Waals surface area contributed by atoms with Crippen molar-refractivity contribution < 1.29 is 4.79 Å². The zero-order chi connectivity index (χ0) is 12.8. The van der Waals surface area contributed by atoms with E-state index in [-0.39, 0.29) is 23.8 Å². The number of aryl methyl sites for hydroxylation is 1. The molecule has 0 aliphatic heterocycles. The molecule has 0 saturated heterocycles. The van der Waals surface area contributed by atoms with Crippen LogP contribution in [0.1, 0.15) is 19.7 Å². The van der Waals surface area contributed by atoms with Crippen molar-refractivity contribution in [2.45, 2.75) is 27.3 Å². The van der Waals surface area contributed by atoms with E-state index in [9.17, 15) is 9.59 Å². The standard InChI is InChI=1S/C10H17N5O2/c1-4-11-8(16)6-15-7(3)13-14-9(10(15)17)12-5-2/h4-6H2,1-3H3,(H,11,16)(H,12,14). The lowest BCUT2D eigenvalue weighted by atomic mass is 10.5. The molecule has 7 nitrogen and oxygen atoms in total. The van der Waals surface area contributed by atoms with Crippen molar-refractivity contribution in [3.63, 3.8) is 0 Å². The van der Waals surface area contributed by atoms with Crippen molar-refractivity contribution in [2.75, 3.05) is 18.4 Å². The Labute approximate surface area is 99.2 Å². The van der Waals surface area contributed by atoms with Crippen LogP contribution in [0.2, 0.25) is 0 Å². The van der Waals surface area contributed by atoms with Crippen LogP contribution in [-0.2, 0) is 11.3 Å². The summed E-state index contributed by atoms with van der Waals surface area (Å²) in [5, 5.41) is 13.0. The van der Waals surface area contributed by atoms with Crippen LogP contribution in [0.5, 0.6) is 0 Å². The van der Waals surface area contributed by atoms with Crippen LogP contribution in [0.4, 0.5) is 5.82 Å². The predicted molar refractivity (Wildman–Crippen MR) is 63.9 cm³/mol. The first kappa shape index (κ1) is 13.1. The molecule has 0 spiro atoms. The zero-order valence-corrected chi connectivity index (χ0v) is 10.3. The molecule has 2 N–H and O–H groups in total. The van der Waals surface area contributed by atoms with E-state index in [1.165, 1.54) is 4.57 Å². The van der Waals surface area contributed by atoms with Gasteiger partial charge in [-0.05, 0) is 20.8 Å². The average Bonchev–Trinajstić information content (AvgIpc) is 2.29. The maximum absolute atomic E-state index is 11.9. The lowest BCUT2D eigenvalue weighted by Gasteiger charge is -2.10. The first-order chi connectivity index (χ1) is 8.10. The fourth-order valence-electron chi connectivity index (χ4n) is 1.36. The van der Waals surface area contributed by atoms with E-state index in [4.69, 9.17) is 0 Å². The lowest BCUT2D eigenvalue weighted by Crippen LogP contribution is -2.35. The van der Waals surface area contributed by atoms with Gasteiger partial charge in [0.2, 0.25) is 11.7 Å². The van der Waals surface area contributed by atoms with Gasteiger partial charge < -0.3 is 10.6 Å². The van der Waals surface area contributed by atoms with Crippen molar-refractivity contribution in [2.24, 2.45) is 0 Å². The van der Waals surface area contributed by atoms with E-state index >= 15 is 0 Å². The second-order valence-corrected chi connectivity index (χ2v) is 3.47. The second-order valence-electron chi connectivity index (χ2n) is 3.47. The molecule has 0 aliphatic carbocycles. The Kier molecular flexibility index (Phi) is 4.62. The molecule has 0 bridgehead atoms. The number of carbonyl (C=O) groups is 1. The molecule has 1 rings (SSSR count). The van der Waals surface area contributed by atoms with Gasteiger partial charge in [-0.3, -0.25) is 14.2 Å². The normalized spacial score (nSPS) is 10.1. The number of hydrogen-bond acceptors (Lipinski definition) is 5. The Bertz CT molecular complexity index is 454. The van der Waals surface area contributed by atoms with Crippen LogP contribution in [0.15, 0.2) is 4.79 Å². The molecule has 1 aromatic heterocycles. The summed E-state index contributed by atoms with van der Waals surface area (Å²) in [5.41, 5.74) is -0.328. The van der Waals surface area contributed by atoms with E-state index in [1.54, 1.807) is 6.92 Å². The van der Waals surface area contributed by atoms with E-state index in [2.05, 4.69) is 20.8 Å². The number of amides is 1. The fourth-order valence-corrected chi connectivity index (χ4v) is 1.36. The minimum atomic E-state index is -0.328. The van der Waals surface area contributed by atoms with E-state index in [0.29, 0.717) is 18.9 Å². The van der Waals surface area contributed by atoms with Gasteiger partial charge in [-0.2, -0.15) is 0 Å². The van der Waals surface area contributed by atoms with Crippen molar-refractivity contribution in [1.82, 2.24) is 20.1 Å². The van der Waals surface area contributed by atoms with Crippen molar-refractivity contribution in [3.05, 3.63) is 16.2 Å². The van der Waals surface area contributed by atoms with Gasteiger partial charge in [-0.1, -0.05) is 0 Å². The van der Waals surface area contributed by atoms with Crippen molar-refractivity contribution >= 4 is 11.7 Å². The van der Waals surface area contributed by atoms with Crippen LogP contribution in [-0.4, -0.2) is 33.8 Å². The topological polar surface area (TPSA) is 88.9 Å². The molecular formula is C10H17N5O2. The van der Waals surface area contributed by atoms with E-state index in [1.807, 2.05) is 13.8 Å². The van der Waals surface area contributed by atoms with Gasteiger partial charge in [0.25, 0.3) is 5.56 Å². The number of aromatic nitrogens is 3. The molecule has 0 unspecified atom stereocenters. The number of likely N-dealkylation sites (N-methyl/N-ethyl adjacent to an activating group) is 1. The predicted octanol–water partition coefficient (Wildman–Crippen LogP) is -0.485. The van der Waals surface area contributed by atoms with Gasteiger partial charge >= 0.3 is 0 Å². The molecule has 17 heavy (non-hydrogen) atoms. The van der Waals surface area contributed by atoms with Gasteiger partial charge in [0.05, 0.1) is 0 Å². The third kappa shape index (κ3) is 3.27. The first-order valence-corrected chi connectivity index (χ1v) is 5.54. The summed E-state index contributed by atoms with van der Waals surface area (Å²) in [7, 11) is 0. The summed E-state index contributed by atoms with van der Waals surface area (Å²) < 4.78 is 1.30. The van der Waals surface area contributed by atoms with Crippen LogP contribution in [0.25, 0.3) is 0 Å². The van der Waals surface area contributed by atoms with Crippen LogP contribution < -0.4 is 16.2 Å². The summed E-state index contributed by atoms with van der Waals surface area (Å²) in [6.07, 6.45) is 0. The smallest absolute Gasteiger partial charge is 0.297 e. The molecule has 0 radical (unpaired) electrons. The molecule has 7 heteroatoms. The van der Waals surface area contributed by atoms with Gasteiger partial charge in [-0.15, -0.1) is 10.2 Å². The van der Waals surface area contributed by atoms with Crippen molar-refractivity contribution in [1.29, 1.82) is 0 Å². The van der Waals surface area contributed by atoms with Crippen LogP contribution >= 0.6 is 0 Å². The van der Waals surface area contributed by atoms with Gasteiger partial charge in [-0.25, -0.2) is 0 Å². The molecule has 0 atom stereocenters. The largest absolute Gasteiger partial charge is 0.364 e. The van der Waals surface area contributed by atoms with Gasteiger partial charge in [0, 0.05) is 13.1 Å². The van der Waals surface area contributed by atoms with Crippen LogP contribution in [0.3, 0.4) is 0 Å². The molecular weight excluding hydrogens is 222 g/mol. The Morgan fingerprint density at radius 1 is 1.29 bits per heavy atom. The number of nitrogens with one attached hydrogen (secondary N) is 2. The molecule has 1 heterocycles. The average molecular weight is 239 g/mol. The highest BCUT2D eigenvalue weighted by molar-refractivity contribution is 5.75. The Morgan fingerprint density at radius 2 is 2.00 bits per heavy atom. The summed E-state index contributed by atoms with van der Waals surface area (Å²) >= 11 is 0. The quantitative estimate of drug-likeness (QED) is 0.724. The highest BCUT2D eigenvalue weighted by Gasteiger charge is 2.11. The fraction of sp³-hybridized carbons (Fsp3) is 0.600. The third-order valence-corrected chi connectivity index (χ3v) is 2.15. The maximum Gasteiger partial charge on any atom is 0.297 e. The molecule has 0 aliphatic rings. The minimum absolute atomic E-state index is 0.0353. The second kappa shape index (κ2) is 5.97. The molecule has 0 saturated carbocycles. The first-order valence-electron chi connectivity index (χ1n) is 5.54. The van der Waals surface area contributed by atoms with E-state index < -0.39 is 0 Å². The highest BCUT2D eigenvalue weighted by atomic mass is 16.2. The number of hydrogen-bond donors (Lipinski definition) is 2. The Hall–Kier alpha value is -1.92. The van der Waals surface area contributed by atoms with Gasteiger partial charge in [0.15, 0.2) is 0 Å². The molecule has 1 aromatic rings. The molecule has 0 fully saturated rings. The maximum atomic E-state index is 11.9. The number of nitrogens with zero attached hydrogens (tertiary/aromatic N) is 3. The zero-order valence-electron chi connectivity index (χ0n) is 10.3. The number of anilines is 1. The Balaban J connectivity index is 3.01. The molecule has 1 amide bonds. The lowest BCUT2D eigenvalue weighted by molar-refractivity contribution is -0.121. The minimum Gasteiger partial charge on any atom is -0.364 e. The number of carbonyl (C=O) groups excluding carboxylic acids is 1. The Morgan fingerprint density at radius 3 is 2.59 bits per heavy atom. The van der Waals surface area contributed by atoms with Crippen LogP contribution in [0, 0.1) is 6.92 Å². The number of rotatable bonds is 5. The summed E-state index contributed by atoms with van der Waals surface area (Å²) in [6, 6.07) is 0.